The van der Waals surface area contributed by atoms with E-state index in [9.17, 15) is 17.6 Å². The van der Waals surface area contributed by atoms with Crippen molar-refractivity contribution in [2.24, 2.45) is 0 Å². The second-order valence-corrected chi connectivity index (χ2v) is 9.57. The molecule has 0 radical (unpaired) electrons. The minimum atomic E-state index is -3.91. The van der Waals surface area contributed by atoms with E-state index in [1.165, 1.54) is 16.4 Å². The van der Waals surface area contributed by atoms with Crippen molar-refractivity contribution in [1.82, 2.24) is 5.32 Å². The van der Waals surface area contributed by atoms with Gasteiger partial charge in [0.25, 0.3) is 15.9 Å². The van der Waals surface area contributed by atoms with Gasteiger partial charge in [-0.05, 0) is 55.8 Å². The Morgan fingerprint density at radius 2 is 1.72 bits per heavy atom. The molecule has 1 heterocycles. The normalized spacial score (nSPS) is 16.6. The van der Waals surface area contributed by atoms with Crippen molar-refractivity contribution in [2.75, 3.05) is 10.8 Å². The molecule has 0 saturated carbocycles. The number of hydrogen-bond donors (Lipinski definition) is 1. The van der Waals surface area contributed by atoms with Gasteiger partial charge in [0.05, 0.1) is 23.2 Å². The van der Waals surface area contributed by atoms with Crippen LogP contribution in [0, 0.1) is 12.7 Å². The summed E-state index contributed by atoms with van der Waals surface area (Å²) in [5.74, 6) is -0.513. The molecule has 0 bridgehead atoms. The van der Waals surface area contributed by atoms with E-state index in [-0.39, 0.29) is 17.3 Å². The Hall–Kier alpha value is -3.39. The molecule has 8 heteroatoms. The van der Waals surface area contributed by atoms with Gasteiger partial charge < -0.3 is 10.1 Å². The number of sulfonamides is 1. The molecule has 32 heavy (non-hydrogen) atoms. The highest BCUT2D eigenvalue weighted by Crippen LogP contribution is 2.37. The minimum absolute atomic E-state index is 0.138. The molecule has 166 valence electrons. The van der Waals surface area contributed by atoms with Crippen LogP contribution in [0.5, 0.6) is 5.75 Å². The summed E-state index contributed by atoms with van der Waals surface area (Å²) in [7, 11) is -3.91. The van der Waals surface area contributed by atoms with E-state index >= 15 is 0 Å². The number of aryl methyl sites for hydroxylation is 1. The molecule has 4 rings (SSSR count). The third-order valence-corrected chi connectivity index (χ3v) is 7.16. The number of benzene rings is 3. The number of para-hydroxylation sites is 2. The predicted molar refractivity (Wildman–Crippen MR) is 120 cm³/mol. The van der Waals surface area contributed by atoms with Gasteiger partial charge in [0.1, 0.15) is 11.6 Å². The fourth-order valence-electron chi connectivity index (χ4n) is 3.54. The molecule has 1 aliphatic heterocycles. The highest BCUT2D eigenvalue weighted by molar-refractivity contribution is 7.92. The molecule has 0 spiro atoms. The molecule has 0 fully saturated rings. The molecule has 1 amide bonds. The molecule has 1 N–H and O–H groups in total. The molecule has 3 aromatic carbocycles. The lowest BCUT2D eigenvalue weighted by Crippen LogP contribution is -2.51. The SMILES string of the molecule is Cc1ccc(S(=O)(=O)N2CC(C(=O)NC(C)c3ccc(F)cc3)Oc3ccccc32)cc1. The molecular weight excluding hydrogens is 431 g/mol. The number of fused-ring (bicyclic) bond motifs is 1. The fraction of sp³-hybridized carbons (Fsp3) is 0.208. The lowest BCUT2D eigenvalue weighted by atomic mass is 10.1. The summed E-state index contributed by atoms with van der Waals surface area (Å²) in [6.07, 6.45) is -1.05. The summed E-state index contributed by atoms with van der Waals surface area (Å²) in [5, 5.41) is 2.83. The van der Waals surface area contributed by atoms with Gasteiger partial charge in [0, 0.05) is 0 Å². The van der Waals surface area contributed by atoms with Crippen LogP contribution in [0.4, 0.5) is 10.1 Å². The molecular formula is C24H23FN2O4S. The second kappa shape index (κ2) is 8.63. The van der Waals surface area contributed by atoms with E-state index in [4.69, 9.17) is 4.74 Å². The predicted octanol–water partition coefficient (Wildman–Crippen LogP) is 3.97. The van der Waals surface area contributed by atoms with E-state index in [1.807, 2.05) is 6.92 Å². The van der Waals surface area contributed by atoms with Gasteiger partial charge in [0.15, 0.2) is 6.10 Å². The number of amides is 1. The van der Waals surface area contributed by atoms with Crippen LogP contribution >= 0.6 is 0 Å². The molecule has 1 aliphatic rings. The van der Waals surface area contributed by atoms with Crippen LogP contribution < -0.4 is 14.4 Å². The summed E-state index contributed by atoms with van der Waals surface area (Å²) < 4.78 is 47.1. The molecule has 2 atom stereocenters. The van der Waals surface area contributed by atoms with Crippen LogP contribution in [-0.4, -0.2) is 27.0 Å². The van der Waals surface area contributed by atoms with Gasteiger partial charge in [-0.25, -0.2) is 12.8 Å². The van der Waals surface area contributed by atoms with Crippen molar-refractivity contribution in [1.29, 1.82) is 0 Å². The van der Waals surface area contributed by atoms with Crippen LogP contribution in [0.2, 0.25) is 0 Å². The van der Waals surface area contributed by atoms with E-state index in [0.717, 1.165) is 11.1 Å². The Kier molecular flexibility index (Phi) is 5.88. The fourth-order valence-corrected chi connectivity index (χ4v) is 5.02. The van der Waals surface area contributed by atoms with Crippen molar-refractivity contribution < 1.29 is 22.3 Å². The first-order valence-electron chi connectivity index (χ1n) is 10.2. The zero-order valence-electron chi connectivity index (χ0n) is 17.7. The van der Waals surface area contributed by atoms with Crippen molar-refractivity contribution in [3.63, 3.8) is 0 Å². The first-order chi connectivity index (χ1) is 15.3. The van der Waals surface area contributed by atoms with E-state index in [2.05, 4.69) is 5.32 Å². The van der Waals surface area contributed by atoms with Gasteiger partial charge in [-0.3, -0.25) is 9.10 Å². The molecule has 3 aromatic rings. The second-order valence-electron chi connectivity index (χ2n) is 7.71. The number of hydrogen-bond acceptors (Lipinski definition) is 4. The summed E-state index contributed by atoms with van der Waals surface area (Å²) in [4.78, 5) is 13.1. The highest BCUT2D eigenvalue weighted by atomic mass is 32.2. The van der Waals surface area contributed by atoms with E-state index in [1.54, 1.807) is 67.6 Å². The van der Waals surface area contributed by atoms with Crippen LogP contribution in [0.25, 0.3) is 0 Å². The summed E-state index contributed by atoms with van der Waals surface area (Å²) >= 11 is 0. The van der Waals surface area contributed by atoms with Crippen LogP contribution in [0.1, 0.15) is 24.1 Å². The minimum Gasteiger partial charge on any atom is -0.476 e. The first kappa shape index (κ1) is 21.8. The largest absolute Gasteiger partial charge is 0.476 e. The van der Waals surface area contributed by atoms with Gasteiger partial charge >= 0.3 is 0 Å². The molecule has 0 aromatic heterocycles. The van der Waals surface area contributed by atoms with Gasteiger partial charge in [0.2, 0.25) is 0 Å². The maximum absolute atomic E-state index is 13.4. The highest BCUT2D eigenvalue weighted by Gasteiger charge is 2.37. The van der Waals surface area contributed by atoms with Crippen molar-refractivity contribution in [3.05, 3.63) is 89.7 Å². The number of anilines is 1. The summed E-state index contributed by atoms with van der Waals surface area (Å²) in [6, 6.07) is 18.7. The zero-order chi connectivity index (χ0) is 22.9. The van der Waals surface area contributed by atoms with Crippen LogP contribution in [0.3, 0.4) is 0 Å². The quantitative estimate of drug-likeness (QED) is 0.633. The van der Waals surface area contributed by atoms with Crippen LogP contribution in [0.15, 0.2) is 77.7 Å². The van der Waals surface area contributed by atoms with E-state index < -0.39 is 28.1 Å². The average molecular weight is 455 g/mol. The molecule has 6 nitrogen and oxygen atoms in total. The number of rotatable bonds is 5. The number of carbonyl (C=O) groups excluding carboxylic acids is 1. The number of halogens is 1. The number of nitrogens with one attached hydrogen (secondary N) is 1. The third kappa shape index (κ3) is 4.31. The first-order valence-corrected chi connectivity index (χ1v) is 11.6. The van der Waals surface area contributed by atoms with Crippen LogP contribution in [-0.2, 0) is 14.8 Å². The number of ether oxygens (including phenoxy) is 1. The Bertz CT molecular complexity index is 1230. The standard InChI is InChI=1S/C24H23FN2O4S/c1-16-7-13-20(14-8-16)32(29,30)27-15-23(31-22-6-4-3-5-21(22)27)24(28)26-17(2)18-9-11-19(25)12-10-18/h3-14,17,23H,15H2,1-2H3,(H,26,28). The lowest BCUT2D eigenvalue weighted by molar-refractivity contribution is -0.128. The Morgan fingerprint density at radius 1 is 1.06 bits per heavy atom. The van der Waals surface area contributed by atoms with Crippen molar-refractivity contribution in [3.8, 4) is 5.75 Å². The monoisotopic (exact) mass is 454 g/mol. The molecule has 0 aliphatic carbocycles. The molecule has 0 saturated heterocycles. The zero-order valence-corrected chi connectivity index (χ0v) is 18.5. The maximum Gasteiger partial charge on any atom is 0.264 e. The maximum atomic E-state index is 13.4. The number of carbonyl (C=O) groups is 1. The molecule has 2 unspecified atom stereocenters. The topological polar surface area (TPSA) is 75.7 Å². The lowest BCUT2D eigenvalue weighted by Gasteiger charge is -2.35. The number of nitrogens with zero attached hydrogens (tertiary/aromatic N) is 1. The van der Waals surface area contributed by atoms with Gasteiger partial charge in [-0.1, -0.05) is 42.0 Å². The van der Waals surface area contributed by atoms with Gasteiger partial charge in [-0.15, -0.1) is 0 Å². The smallest absolute Gasteiger partial charge is 0.264 e. The summed E-state index contributed by atoms with van der Waals surface area (Å²) in [6.45, 7) is 3.47. The Morgan fingerprint density at radius 3 is 2.41 bits per heavy atom. The van der Waals surface area contributed by atoms with Crippen molar-refractivity contribution in [2.45, 2.75) is 30.9 Å². The van der Waals surface area contributed by atoms with Gasteiger partial charge in [-0.2, -0.15) is 0 Å². The van der Waals surface area contributed by atoms with Crippen molar-refractivity contribution >= 4 is 21.6 Å². The Balaban J connectivity index is 1.61. The third-order valence-electron chi connectivity index (χ3n) is 5.37. The summed E-state index contributed by atoms with van der Waals surface area (Å²) in [5.41, 5.74) is 2.04. The Labute approximate surface area is 186 Å². The van der Waals surface area contributed by atoms with E-state index in [0.29, 0.717) is 11.4 Å². The average Bonchev–Trinajstić information content (AvgIpc) is 2.79.